The largest absolute Gasteiger partial charge is 0.454 e. The van der Waals surface area contributed by atoms with Crippen molar-refractivity contribution in [2.24, 2.45) is 0 Å². The Morgan fingerprint density at radius 3 is 1.90 bits per heavy atom. The van der Waals surface area contributed by atoms with Crippen molar-refractivity contribution in [2.75, 3.05) is 6.79 Å². The van der Waals surface area contributed by atoms with E-state index in [0.717, 1.165) is 6.07 Å². The van der Waals surface area contributed by atoms with Crippen molar-refractivity contribution in [1.82, 2.24) is 0 Å². The first-order chi connectivity index (χ1) is 9.50. The van der Waals surface area contributed by atoms with Crippen molar-refractivity contribution in [3.8, 4) is 22.6 Å². The monoisotopic (exact) mass is 288 g/mol. The second kappa shape index (κ2) is 4.36. The van der Waals surface area contributed by atoms with Gasteiger partial charge in [-0.3, -0.25) is 0 Å². The summed E-state index contributed by atoms with van der Waals surface area (Å²) < 4.78 is 76.5. The summed E-state index contributed by atoms with van der Waals surface area (Å²) in [5.74, 6) is -9.44. The standard InChI is InChI=1S/C13H5F5O2/c14-9-8(10(15)12(17)13(18)11(9)16)5-1-2-6-7(3-5)20-4-19-6/h1-3H,4H2. The Morgan fingerprint density at radius 1 is 0.700 bits per heavy atom. The Morgan fingerprint density at radius 2 is 1.25 bits per heavy atom. The zero-order chi connectivity index (χ0) is 14.4. The highest BCUT2D eigenvalue weighted by Gasteiger charge is 2.27. The van der Waals surface area contributed by atoms with Crippen LogP contribution >= 0.6 is 0 Å². The molecule has 0 bridgehead atoms. The molecule has 0 saturated carbocycles. The van der Waals surface area contributed by atoms with Crippen molar-refractivity contribution in [3.05, 3.63) is 47.3 Å². The van der Waals surface area contributed by atoms with E-state index in [2.05, 4.69) is 0 Å². The summed E-state index contributed by atoms with van der Waals surface area (Å²) in [5.41, 5.74) is -1.19. The molecule has 0 unspecified atom stereocenters. The lowest BCUT2D eigenvalue weighted by Crippen LogP contribution is -2.03. The van der Waals surface area contributed by atoms with Gasteiger partial charge in [0.2, 0.25) is 12.6 Å². The summed E-state index contributed by atoms with van der Waals surface area (Å²) in [4.78, 5) is 0. The van der Waals surface area contributed by atoms with E-state index in [4.69, 9.17) is 9.47 Å². The molecule has 0 radical (unpaired) electrons. The summed E-state index contributed by atoms with van der Waals surface area (Å²) in [5, 5.41) is 0. The SMILES string of the molecule is Fc1c(F)c(F)c(-c2ccc3c(c2)OCO3)c(F)c1F. The highest BCUT2D eigenvalue weighted by molar-refractivity contribution is 5.69. The zero-order valence-electron chi connectivity index (χ0n) is 9.65. The van der Waals surface area contributed by atoms with E-state index >= 15 is 0 Å². The van der Waals surface area contributed by atoms with Gasteiger partial charge in [0.25, 0.3) is 0 Å². The molecule has 0 N–H and O–H groups in total. The molecule has 0 spiro atoms. The van der Waals surface area contributed by atoms with E-state index in [9.17, 15) is 22.0 Å². The van der Waals surface area contributed by atoms with Crippen LogP contribution in [-0.2, 0) is 0 Å². The molecule has 2 aromatic rings. The molecule has 2 aromatic carbocycles. The molecule has 1 aliphatic heterocycles. The molecule has 0 amide bonds. The minimum Gasteiger partial charge on any atom is -0.454 e. The Kier molecular flexibility index (Phi) is 2.77. The Hall–Kier alpha value is -2.31. The van der Waals surface area contributed by atoms with Gasteiger partial charge in [-0.15, -0.1) is 0 Å². The minimum atomic E-state index is -2.19. The number of hydrogen-bond donors (Lipinski definition) is 0. The number of fused-ring (bicyclic) bond motifs is 1. The predicted octanol–water partition coefficient (Wildman–Crippen LogP) is 3.78. The predicted molar refractivity (Wildman–Crippen MR) is 57.8 cm³/mol. The molecule has 1 heterocycles. The maximum atomic E-state index is 13.6. The van der Waals surface area contributed by atoms with Crippen LogP contribution in [0.3, 0.4) is 0 Å². The second-order valence-corrected chi connectivity index (χ2v) is 4.01. The molecule has 0 atom stereocenters. The van der Waals surface area contributed by atoms with Crippen LogP contribution in [0.4, 0.5) is 22.0 Å². The van der Waals surface area contributed by atoms with Gasteiger partial charge in [0, 0.05) is 0 Å². The van der Waals surface area contributed by atoms with Gasteiger partial charge in [-0.1, -0.05) is 6.07 Å². The van der Waals surface area contributed by atoms with E-state index in [1.807, 2.05) is 0 Å². The first-order valence-corrected chi connectivity index (χ1v) is 5.42. The highest BCUT2D eigenvalue weighted by Crippen LogP contribution is 2.38. The average Bonchev–Trinajstić information content (AvgIpc) is 2.91. The molecular formula is C13H5F5O2. The first kappa shape index (κ1) is 12.7. The van der Waals surface area contributed by atoms with Crippen LogP contribution in [-0.4, -0.2) is 6.79 Å². The third kappa shape index (κ3) is 1.70. The van der Waals surface area contributed by atoms with E-state index < -0.39 is 34.6 Å². The van der Waals surface area contributed by atoms with Gasteiger partial charge in [-0.25, -0.2) is 22.0 Å². The fraction of sp³-hybridized carbons (Fsp3) is 0.0769. The Bertz CT molecular complexity index is 685. The molecule has 2 nitrogen and oxygen atoms in total. The highest BCUT2D eigenvalue weighted by atomic mass is 19.2. The molecule has 0 saturated heterocycles. The molecule has 0 aliphatic carbocycles. The number of benzene rings is 2. The van der Waals surface area contributed by atoms with Crippen LogP contribution in [0, 0.1) is 29.1 Å². The first-order valence-electron chi connectivity index (χ1n) is 5.42. The molecule has 3 rings (SSSR count). The number of halogens is 5. The fourth-order valence-electron chi connectivity index (χ4n) is 1.91. The van der Waals surface area contributed by atoms with Crippen molar-refractivity contribution in [3.63, 3.8) is 0 Å². The summed E-state index contributed by atoms with van der Waals surface area (Å²) >= 11 is 0. The molecular weight excluding hydrogens is 283 g/mol. The second-order valence-electron chi connectivity index (χ2n) is 4.01. The quantitative estimate of drug-likeness (QED) is 0.452. The van der Waals surface area contributed by atoms with Gasteiger partial charge in [0.15, 0.2) is 34.8 Å². The van der Waals surface area contributed by atoms with Gasteiger partial charge in [0.1, 0.15) is 0 Å². The van der Waals surface area contributed by atoms with Crippen LogP contribution < -0.4 is 9.47 Å². The third-order valence-electron chi connectivity index (χ3n) is 2.87. The van der Waals surface area contributed by atoms with E-state index in [1.165, 1.54) is 12.1 Å². The van der Waals surface area contributed by atoms with Crippen molar-refractivity contribution in [2.45, 2.75) is 0 Å². The number of rotatable bonds is 1. The molecule has 0 aromatic heterocycles. The molecule has 7 heteroatoms. The zero-order valence-corrected chi connectivity index (χ0v) is 9.65. The van der Waals surface area contributed by atoms with Crippen LogP contribution in [0.5, 0.6) is 11.5 Å². The van der Waals surface area contributed by atoms with Gasteiger partial charge >= 0.3 is 0 Å². The van der Waals surface area contributed by atoms with Gasteiger partial charge in [-0.05, 0) is 17.7 Å². The number of hydrogen-bond acceptors (Lipinski definition) is 2. The van der Waals surface area contributed by atoms with Crippen LogP contribution in [0.1, 0.15) is 0 Å². The maximum absolute atomic E-state index is 13.6. The van der Waals surface area contributed by atoms with Crippen molar-refractivity contribution < 1.29 is 31.4 Å². The molecule has 0 fully saturated rings. The molecule has 1 aliphatic rings. The molecule has 104 valence electrons. The summed E-state index contributed by atoms with van der Waals surface area (Å²) in [6.07, 6.45) is 0. The van der Waals surface area contributed by atoms with Gasteiger partial charge in [-0.2, -0.15) is 0 Å². The van der Waals surface area contributed by atoms with Crippen LogP contribution in [0.25, 0.3) is 11.1 Å². The Balaban J connectivity index is 2.25. The van der Waals surface area contributed by atoms with Crippen LogP contribution in [0.15, 0.2) is 18.2 Å². The minimum absolute atomic E-state index is 0.0735. The summed E-state index contributed by atoms with van der Waals surface area (Å²) in [7, 11) is 0. The summed E-state index contributed by atoms with van der Waals surface area (Å²) in [6, 6.07) is 3.67. The smallest absolute Gasteiger partial charge is 0.231 e. The third-order valence-corrected chi connectivity index (χ3v) is 2.87. The number of ether oxygens (including phenoxy) is 2. The van der Waals surface area contributed by atoms with Crippen molar-refractivity contribution >= 4 is 0 Å². The van der Waals surface area contributed by atoms with E-state index in [-0.39, 0.29) is 18.1 Å². The lowest BCUT2D eigenvalue weighted by atomic mass is 10.0. The van der Waals surface area contributed by atoms with E-state index in [0.29, 0.717) is 5.75 Å². The topological polar surface area (TPSA) is 18.5 Å². The van der Waals surface area contributed by atoms with Gasteiger partial charge < -0.3 is 9.47 Å². The lowest BCUT2D eigenvalue weighted by Gasteiger charge is -2.09. The van der Waals surface area contributed by atoms with Crippen molar-refractivity contribution in [1.29, 1.82) is 0 Å². The fourth-order valence-corrected chi connectivity index (χ4v) is 1.91. The molecule has 20 heavy (non-hydrogen) atoms. The maximum Gasteiger partial charge on any atom is 0.231 e. The average molecular weight is 288 g/mol. The van der Waals surface area contributed by atoms with Crippen LogP contribution in [0.2, 0.25) is 0 Å². The Labute approximate surface area is 109 Å². The lowest BCUT2D eigenvalue weighted by molar-refractivity contribution is 0.174. The van der Waals surface area contributed by atoms with E-state index in [1.54, 1.807) is 0 Å². The summed E-state index contributed by atoms with van der Waals surface area (Å²) in [6.45, 7) is -0.0735. The normalized spacial score (nSPS) is 12.8. The van der Waals surface area contributed by atoms with Gasteiger partial charge in [0.05, 0.1) is 5.56 Å².